The fourth-order valence-electron chi connectivity index (χ4n) is 10.5. The molecule has 0 fully saturated rings. The maximum absolute atomic E-state index is 6.86. The molecule has 9 heterocycles. The number of nitrogens with zero attached hydrogens (tertiary/aromatic N) is 6. The zero-order chi connectivity index (χ0) is 31.3. The van der Waals surface area contributed by atoms with Gasteiger partial charge in [0.15, 0.2) is 5.58 Å². The van der Waals surface area contributed by atoms with Gasteiger partial charge in [-0.1, -0.05) is 72.8 Å². The molecule has 48 heavy (non-hydrogen) atoms. The lowest BCUT2D eigenvalue weighted by molar-refractivity contribution is 0.156. The lowest BCUT2D eigenvalue weighted by Gasteiger charge is -2.52. The Kier molecular flexibility index (Phi) is 4.61. The van der Waals surface area contributed by atoms with Crippen molar-refractivity contribution in [1.82, 2.24) is 14.7 Å². The summed E-state index contributed by atoms with van der Waals surface area (Å²) in [7, 11) is 2.26. The molecule has 7 nitrogen and oxygen atoms in total. The second kappa shape index (κ2) is 8.66. The van der Waals surface area contributed by atoms with E-state index in [-0.39, 0.29) is 24.4 Å². The lowest BCUT2D eigenvalue weighted by atomic mass is 9.65. The minimum Gasteiger partial charge on any atom is -0.454 e. The van der Waals surface area contributed by atoms with E-state index in [2.05, 4.69) is 165 Å². The van der Waals surface area contributed by atoms with Gasteiger partial charge in [0.1, 0.15) is 29.5 Å². The summed E-state index contributed by atoms with van der Waals surface area (Å²) in [4.78, 5) is 15.4. The fraction of sp³-hybridized carbons (Fsp3) is 0.220. The molecule has 0 amide bonds. The van der Waals surface area contributed by atoms with Crippen LogP contribution in [0.5, 0.6) is 0 Å². The van der Waals surface area contributed by atoms with Crippen molar-refractivity contribution in [3.8, 4) is 0 Å². The smallest absolute Gasteiger partial charge is 0.159 e. The Bertz CT molecular complexity index is 2350. The summed E-state index contributed by atoms with van der Waals surface area (Å²) in [6, 6.07) is 31.6. The summed E-state index contributed by atoms with van der Waals surface area (Å²) < 4.78 is 6.86. The number of hydrogen-bond acceptors (Lipinski definition) is 7. The highest BCUT2D eigenvalue weighted by Crippen LogP contribution is 2.64. The van der Waals surface area contributed by atoms with E-state index in [0.717, 1.165) is 30.7 Å². The summed E-state index contributed by atoms with van der Waals surface area (Å²) in [5, 5.41) is 2.34. The van der Waals surface area contributed by atoms with E-state index in [1.54, 1.807) is 0 Å². The van der Waals surface area contributed by atoms with Crippen LogP contribution in [0.25, 0.3) is 27.5 Å². The summed E-state index contributed by atoms with van der Waals surface area (Å²) in [6.07, 6.45) is 17.8. The third-order valence-corrected chi connectivity index (χ3v) is 12.2. The van der Waals surface area contributed by atoms with Crippen molar-refractivity contribution >= 4 is 44.6 Å². The molecule has 4 aromatic carbocycles. The van der Waals surface area contributed by atoms with Gasteiger partial charge in [0.25, 0.3) is 0 Å². The van der Waals surface area contributed by atoms with Crippen LogP contribution in [0.2, 0.25) is 0 Å². The van der Waals surface area contributed by atoms with Gasteiger partial charge in [-0.25, -0.2) is 0 Å². The quantitative estimate of drug-likeness (QED) is 0.176. The first kappa shape index (κ1) is 25.5. The van der Waals surface area contributed by atoms with Gasteiger partial charge in [0.2, 0.25) is 0 Å². The maximum atomic E-state index is 6.86. The minimum absolute atomic E-state index is 0.00762. The van der Waals surface area contributed by atoms with E-state index < -0.39 is 5.41 Å². The minimum atomic E-state index is -0.495. The van der Waals surface area contributed by atoms with Crippen LogP contribution in [0.1, 0.15) is 29.0 Å². The topological polar surface area (TPSA) is 32.6 Å². The lowest BCUT2D eigenvalue weighted by Crippen LogP contribution is -2.63. The molecule has 234 valence electrons. The van der Waals surface area contributed by atoms with Gasteiger partial charge in [-0.15, -0.1) is 0 Å². The Morgan fingerprint density at radius 2 is 1.44 bits per heavy atom. The second-order valence-corrected chi connectivity index (χ2v) is 14.3. The molecule has 13 rings (SSSR count). The predicted molar refractivity (Wildman–Crippen MR) is 191 cm³/mol. The molecule has 6 bridgehead atoms. The van der Waals surface area contributed by atoms with E-state index in [1.807, 2.05) is 0 Å². The Morgan fingerprint density at radius 3 is 2.40 bits per heavy atom. The molecule has 5 atom stereocenters. The van der Waals surface area contributed by atoms with Crippen LogP contribution in [0.3, 0.4) is 0 Å². The number of benzene rings is 4. The molecule has 7 heteroatoms. The highest BCUT2D eigenvalue weighted by Gasteiger charge is 2.66. The molecule has 1 spiro atoms. The molecule has 0 aliphatic carbocycles. The summed E-state index contributed by atoms with van der Waals surface area (Å²) in [5.74, 6) is 0.129. The molecule has 1 aromatic heterocycles. The van der Waals surface area contributed by atoms with Crippen LogP contribution in [0.15, 0.2) is 133 Å². The van der Waals surface area contributed by atoms with Gasteiger partial charge in [0, 0.05) is 85.3 Å². The average molecular weight is 627 g/mol. The molecular formula is C41H34N6O. The first-order chi connectivity index (χ1) is 23.7. The van der Waals surface area contributed by atoms with Gasteiger partial charge in [-0.3, -0.25) is 0 Å². The highest BCUT2D eigenvalue weighted by molar-refractivity contribution is 6.11. The van der Waals surface area contributed by atoms with Crippen LogP contribution < -0.4 is 14.7 Å². The Labute approximate surface area is 279 Å². The number of hydrogen-bond donors (Lipinski definition) is 0. The number of anilines is 3. The normalized spacial score (nSPS) is 28.4. The number of rotatable bonds is 0. The van der Waals surface area contributed by atoms with Crippen LogP contribution >= 0.6 is 0 Å². The molecule has 8 aliphatic rings. The van der Waals surface area contributed by atoms with Crippen molar-refractivity contribution in [2.24, 2.45) is 0 Å². The molecule has 0 N–H and O–H groups in total. The van der Waals surface area contributed by atoms with Crippen molar-refractivity contribution in [3.63, 3.8) is 0 Å². The largest absolute Gasteiger partial charge is 0.454 e. The predicted octanol–water partition coefficient (Wildman–Crippen LogP) is 7.52. The number of para-hydroxylation sites is 3. The van der Waals surface area contributed by atoms with Gasteiger partial charge >= 0.3 is 0 Å². The monoisotopic (exact) mass is 626 g/mol. The molecule has 0 saturated heterocycles. The van der Waals surface area contributed by atoms with Crippen molar-refractivity contribution in [2.45, 2.75) is 36.3 Å². The first-order valence-electron chi connectivity index (χ1n) is 17.2. The zero-order valence-corrected chi connectivity index (χ0v) is 26.6. The molecule has 8 aliphatic heterocycles. The van der Waals surface area contributed by atoms with Crippen molar-refractivity contribution < 1.29 is 4.42 Å². The van der Waals surface area contributed by atoms with E-state index in [0.29, 0.717) is 0 Å². The number of furan rings is 1. The molecule has 0 radical (unpaired) electrons. The van der Waals surface area contributed by atoms with Gasteiger partial charge in [0.05, 0.1) is 11.4 Å². The zero-order valence-electron chi connectivity index (χ0n) is 26.6. The highest BCUT2D eigenvalue weighted by atomic mass is 16.3. The van der Waals surface area contributed by atoms with Gasteiger partial charge in [-0.05, 0) is 41.3 Å². The van der Waals surface area contributed by atoms with Crippen LogP contribution in [-0.2, 0) is 5.41 Å². The Morgan fingerprint density at radius 1 is 0.667 bits per heavy atom. The first-order valence-corrected chi connectivity index (χ1v) is 17.2. The Hall–Kier alpha value is -5.56. The van der Waals surface area contributed by atoms with Gasteiger partial charge < -0.3 is 33.8 Å². The second-order valence-electron chi connectivity index (χ2n) is 14.3. The van der Waals surface area contributed by atoms with E-state index in [9.17, 15) is 0 Å². The van der Waals surface area contributed by atoms with E-state index >= 15 is 0 Å². The van der Waals surface area contributed by atoms with Crippen molar-refractivity contribution in [2.75, 3.05) is 34.8 Å². The third kappa shape index (κ3) is 2.82. The summed E-state index contributed by atoms with van der Waals surface area (Å²) >= 11 is 0. The average Bonchev–Trinajstić information content (AvgIpc) is 3.92. The summed E-state index contributed by atoms with van der Waals surface area (Å²) in [5.41, 5.74) is 10.6. The SMILES string of the molecule is CN1C=CN2c3c(ccc4c3oc3ccccc34)C3(C4=CC5c6ccccc6N6C=CN(CCCN7C=CN(c8ccccc84)C57)C63)C12. The molecular weight excluding hydrogens is 592 g/mol. The third-order valence-electron chi connectivity index (χ3n) is 12.2. The van der Waals surface area contributed by atoms with Crippen LogP contribution in [0.4, 0.5) is 17.1 Å². The van der Waals surface area contributed by atoms with Crippen LogP contribution in [-0.4, -0.2) is 53.3 Å². The standard InChI is InChI=1S/C41H34N6O/c1-42-19-22-47-36-31(16-15-28-27-10-4-7-14-35(27)48-37(28)36)41(39(42)47)32-25-30-26-9-2-5-12-33(26)46-24-21-44(40(41)46)18-8-17-43-20-23-45(38(30)43)34-13-6-3-11-29(32)34/h2-7,9-16,19-25,30,38-40H,8,17-18H2,1H3. The number of likely N-dealkylation sites (N-methyl/N-ethyl adjacent to an activating group) is 1. The molecule has 0 saturated carbocycles. The number of fused-ring (bicyclic) bond motifs is 9. The van der Waals surface area contributed by atoms with Crippen molar-refractivity contribution in [1.29, 1.82) is 0 Å². The van der Waals surface area contributed by atoms with Crippen LogP contribution in [0, 0.1) is 0 Å². The fourth-order valence-corrected chi connectivity index (χ4v) is 10.5. The maximum Gasteiger partial charge on any atom is 0.159 e. The molecule has 5 aromatic rings. The Balaban J connectivity index is 1.28. The van der Waals surface area contributed by atoms with E-state index in [1.165, 1.54) is 50.1 Å². The molecule has 5 unspecified atom stereocenters. The van der Waals surface area contributed by atoms with Crippen molar-refractivity contribution in [3.05, 3.63) is 145 Å². The van der Waals surface area contributed by atoms with Gasteiger partial charge in [-0.2, -0.15) is 0 Å². The van der Waals surface area contributed by atoms with E-state index in [4.69, 9.17) is 4.42 Å². The summed E-state index contributed by atoms with van der Waals surface area (Å²) in [6.45, 7) is 1.96.